The van der Waals surface area contributed by atoms with Crippen LogP contribution < -0.4 is 5.32 Å². The van der Waals surface area contributed by atoms with E-state index >= 15 is 0 Å². The number of carbonyl (C=O) groups is 1. The summed E-state index contributed by atoms with van der Waals surface area (Å²) in [5, 5.41) is 3.19. The molecule has 3 atom stereocenters. The zero-order valence-corrected chi connectivity index (χ0v) is 12.7. The number of hydrogen-bond donors (Lipinski definition) is 1. The second-order valence-electron chi connectivity index (χ2n) is 6.98. The molecule has 0 heterocycles. The highest BCUT2D eigenvalue weighted by Gasteiger charge is 2.48. The van der Waals surface area contributed by atoms with E-state index in [1.807, 2.05) is 0 Å². The van der Waals surface area contributed by atoms with Gasteiger partial charge >= 0.3 is 0 Å². The van der Waals surface area contributed by atoms with Gasteiger partial charge in [-0.25, -0.2) is 0 Å². The number of benzene rings is 1. The Balaban J connectivity index is 1.57. The van der Waals surface area contributed by atoms with E-state index in [0.29, 0.717) is 5.92 Å². The summed E-state index contributed by atoms with van der Waals surface area (Å²) in [4.78, 5) is 12.3. The van der Waals surface area contributed by atoms with Gasteiger partial charge in [-0.05, 0) is 55.1 Å². The zero-order valence-electron chi connectivity index (χ0n) is 12.7. The molecule has 2 heteroatoms. The number of fused-ring (bicyclic) bond motifs is 1. The van der Waals surface area contributed by atoms with Crippen LogP contribution in [0.4, 0.5) is 0 Å². The van der Waals surface area contributed by atoms with Crippen LogP contribution in [-0.2, 0) is 4.79 Å². The van der Waals surface area contributed by atoms with Crippen LogP contribution in [0.5, 0.6) is 0 Å². The van der Waals surface area contributed by atoms with Crippen LogP contribution in [0.3, 0.4) is 0 Å². The van der Waals surface area contributed by atoms with Crippen molar-refractivity contribution in [1.29, 1.82) is 0 Å². The average molecular weight is 271 g/mol. The van der Waals surface area contributed by atoms with Gasteiger partial charge in [0.2, 0.25) is 5.91 Å². The lowest BCUT2D eigenvalue weighted by Crippen LogP contribution is -2.32. The van der Waals surface area contributed by atoms with Crippen molar-refractivity contribution in [2.45, 2.75) is 52.0 Å². The van der Waals surface area contributed by atoms with Gasteiger partial charge in [0.05, 0.1) is 6.04 Å². The smallest absolute Gasteiger partial charge is 0.223 e. The molecule has 1 amide bonds. The van der Waals surface area contributed by atoms with Crippen molar-refractivity contribution in [3.63, 3.8) is 0 Å². The van der Waals surface area contributed by atoms with Gasteiger partial charge in [-0.1, -0.05) is 38.1 Å². The van der Waals surface area contributed by atoms with E-state index in [-0.39, 0.29) is 17.9 Å². The van der Waals surface area contributed by atoms with Gasteiger partial charge in [-0.15, -0.1) is 0 Å². The normalized spacial score (nSPS) is 29.1. The maximum absolute atomic E-state index is 12.3. The first-order chi connectivity index (χ1) is 9.54. The second kappa shape index (κ2) is 5.23. The van der Waals surface area contributed by atoms with Gasteiger partial charge in [0.15, 0.2) is 0 Å². The van der Waals surface area contributed by atoms with Crippen LogP contribution in [0.1, 0.15) is 63.1 Å². The van der Waals surface area contributed by atoms with Crippen molar-refractivity contribution < 1.29 is 4.79 Å². The highest BCUT2D eigenvalue weighted by molar-refractivity contribution is 5.79. The summed E-state index contributed by atoms with van der Waals surface area (Å²) in [5.41, 5.74) is 2.55. The molecule has 0 radical (unpaired) electrons. The van der Waals surface area contributed by atoms with Crippen LogP contribution in [0.2, 0.25) is 0 Å². The number of carbonyl (C=O) groups excluding carboxylic acids is 1. The number of amides is 1. The van der Waals surface area contributed by atoms with Gasteiger partial charge in [0, 0.05) is 5.92 Å². The van der Waals surface area contributed by atoms with Crippen LogP contribution in [0, 0.1) is 17.8 Å². The summed E-state index contributed by atoms with van der Waals surface area (Å²) in [6, 6.07) is 8.75. The third kappa shape index (κ3) is 2.74. The lowest BCUT2D eigenvalue weighted by molar-refractivity contribution is -0.125. The molecule has 0 spiro atoms. The van der Waals surface area contributed by atoms with Crippen LogP contribution in [-0.4, -0.2) is 5.91 Å². The van der Waals surface area contributed by atoms with Crippen molar-refractivity contribution in [3.8, 4) is 0 Å². The molecule has 3 rings (SSSR count). The molecule has 20 heavy (non-hydrogen) atoms. The Morgan fingerprint density at radius 2 is 1.55 bits per heavy atom. The topological polar surface area (TPSA) is 29.1 Å². The van der Waals surface area contributed by atoms with E-state index in [4.69, 9.17) is 0 Å². The predicted octanol–water partition coefficient (Wildman–Crippen LogP) is 4.03. The minimum absolute atomic E-state index is 0.112. The van der Waals surface area contributed by atoms with Gasteiger partial charge in [-0.3, -0.25) is 4.79 Å². The standard InChI is InChI=1S/C18H25NO/c1-11(2)13-4-6-14(7-5-13)12(3)19-18(20)17-9-15-8-16(15)10-17/h4-7,11-12,15-17H,8-10H2,1-3H3,(H,19,20). The molecule has 2 fully saturated rings. The fourth-order valence-corrected chi connectivity index (χ4v) is 3.51. The molecule has 2 aliphatic rings. The van der Waals surface area contributed by atoms with Gasteiger partial charge in [0.1, 0.15) is 0 Å². The van der Waals surface area contributed by atoms with Crippen LogP contribution >= 0.6 is 0 Å². The summed E-state index contributed by atoms with van der Waals surface area (Å²) >= 11 is 0. The summed E-state index contributed by atoms with van der Waals surface area (Å²) < 4.78 is 0. The number of nitrogens with one attached hydrogen (secondary N) is 1. The van der Waals surface area contributed by atoms with E-state index in [1.165, 1.54) is 17.5 Å². The van der Waals surface area contributed by atoms with Gasteiger partial charge < -0.3 is 5.32 Å². The molecule has 3 unspecified atom stereocenters. The minimum atomic E-state index is 0.112. The van der Waals surface area contributed by atoms with E-state index in [9.17, 15) is 4.79 Å². The first-order valence-corrected chi connectivity index (χ1v) is 7.95. The lowest BCUT2D eigenvalue weighted by atomic mass is 9.98. The molecule has 0 aromatic heterocycles. The molecule has 1 N–H and O–H groups in total. The van der Waals surface area contributed by atoms with Crippen molar-refractivity contribution in [2.24, 2.45) is 17.8 Å². The second-order valence-corrected chi connectivity index (χ2v) is 6.98. The highest BCUT2D eigenvalue weighted by atomic mass is 16.1. The third-order valence-electron chi connectivity index (χ3n) is 5.08. The molecule has 0 aliphatic heterocycles. The molecule has 2 saturated carbocycles. The zero-order chi connectivity index (χ0) is 14.3. The molecular weight excluding hydrogens is 246 g/mol. The minimum Gasteiger partial charge on any atom is -0.349 e. The summed E-state index contributed by atoms with van der Waals surface area (Å²) in [6.45, 7) is 6.48. The Morgan fingerprint density at radius 3 is 2.10 bits per heavy atom. The van der Waals surface area contributed by atoms with E-state index in [2.05, 4.69) is 50.4 Å². The van der Waals surface area contributed by atoms with Crippen molar-refractivity contribution in [2.75, 3.05) is 0 Å². The number of hydrogen-bond acceptors (Lipinski definition) is 1. The Morgan fingerprint density at radius 1 is 1.00 bits per heavy atom. The molecule has 0 bridgehead atoms. The number of rotatable bonds is 4. The molecule has 1 aromatic carbocycles. The molecule has 0 saturated heterocycles. The van der Waals surface area contributed by atoms with Gasteiger partial charge in [-0.2, -0.15) is 0 Å². The molecule has 1 aromatic rings. The van der Waals surface area contributed by atoms with Crippen LogP contribution in [0.15, 0.2) is 24.3 Å². The first-order valence-electron chi connectivity index (χ1n) is 7.95. The Labute approximate surface area is 122 Å². The van der Waals surface area contributed by atoms with E-state index in [0.717, 1.165) is 24.7 Å². The van der Waals surface area contributed by atoms with Gasteiger partial charge in [0.25, 0.3) is 0 Å². The summed E-state index contributed by atoms with van der Waals surface area (Å²) in [7, 11) is 0. The fourth-order valence-electron chi connectivity index (χ4n) is 3.51. The quantitative estimate of drug-likeness (QED) is 0.880. The largest absolute Gasteiger partial charge is 0.349 e. The van der Waals surface area contributed by atoms with Crippen LogP contribution in [0.25, 0.3) is 0 Å². The predicted molar refractivity (Wildman–Crippen MR) is 81.4 cm³/mol. The maximum Gasteiger partial charge on any atom is 0.223 e. The Bertz CT molecular complexity index is 481. The summed E-state index contributed by atoms with van der Waals surface area (Å²) in [5.74, 6) is 2.82. The Hall–Kier alpha value is -1.31. The van der Waals surface area contributed by atoms with Crippen molar-refractivity contribution in [3.05, 3.63) is 35.4 Å². The maximum atomic E-state index is 12.3. The average Bonchev–Trinajstić information content (AvgIpc) is 3.05. The fraction of sp³-hybridized carbons (Fsp3) is 0.611. The SMILES string of the molecule is CC(C)c1ccc(C(C)NC(=O)C2CC3CC3C2)cc1. The summed E-state index contributed by atoms with van der Waals surface area (Å²) in [6.07, 6.45) is 3.61. The molecule has 2 aliphatic carbocycles. The molecule has 108 valence electrons. The lowest BCUT2D eigenvalue weighted by Gasteiger charge is -2.19. The monoisotopic (exact) mass is 271 g/mol. The highest BCUT2D eigenvalue weighted by Crippen LogP contribution is 2.54. The van der Waals surface area contributed by atoms with Crippen molar-refractivity contribution >= 4 is 5.91 Å². The molecular formula is C18H25NO. The Kier molecular flexibility index (Phi) is 3.57. The van der Waals surface area contributed by atoms with E-state index in [1.54, 1.807) is 0 Å². The van der Waals surface area contributed by atoms with E-state index < -0.39 is 0 Å². The van der Waals surface area contributed by atoms with Crippen molar-refractivity contribution in [1.82, 2.24) is 5.32 Å². The molecule has 2 nitrogen and oxygen atoms in total. The third-order valence-corrected chi connectivity index (χ3v) is 5.08. The first kappa shape index (κ1) is 13.7.